The molecule has 3 aromatic rings. The lowest BCUT2D eigenvalue weighted by atomic mass is 10.2. The lowest BCUT2D eigenvalue weighted by Gasteiger charge is -2.05. The van der Waals surface area contributed by atoms with Crippen LogP contribution in [0.3, 0.4) is 0 Å². The summed E-state index contributed by atoms with van der Waals surface area (Å²) in [7, 11) is 0. The van der Waals surface area contributed by atoms with Gasteiger partial charge in [0.05, 0.1) is 5.69 Å². The second kappa shape index (κ2) is 7.77. The Bertz CT molecular complexity index is 966. The number of rotatable bonds is 5. The monoisotopic (exact) mass is 368 g/mol. The third-order valence-electron chi connectivity index (χ3n) is 3.69. The number of ether oxygens (including phenoxy) is 1. The fourth-order valence-electron chi connectivity index (χ4n) is 2.33. The molecule has 138 valence electrons. The fourth-order valence-corrected chi connectivity index (χ4v) is 2.33. The molecule has 3 rings (SSSR count). The number of benzene rings is 2. The molecule has 2 aromatic carbocycles. The Morgan fingerprint density at radius 1 is 1.07 bits per heavy atom. The van der Waals surface area contributed by atoms with E-state index < -0.39 is 18.5 Å². The van der Waals surface area contributed by atoms with E-state index in [1.54, 1.807) is 19.1 Å². The van der Waals surface area contributed by atoms with E-state index in [-0.39, 0.29) is 11.6 Å². The smallest absolute Gasteiger partial charge is 0.378 e. The van der Waals surface area contributed by atoms with E-state index in [0.717, 1.165) is 5.56 Å². The number of hydrogen-bond donors (Lipinski definition) is 1. The zero-order chi connectivity index (χ0) is 19.4. The first-order chi connectivity index (χ1) is 12.9. The molecular formula is C19H17FN4O3. The summed E-state index contributed by atoms with van der Waals surface area (Å²) in [5.74, 6) is -1.42. The minimum Gasteiger partial charge on any atom is -0.450 e. The lowest BCUT2D eigenvalue weighted by Crippen LogP contribution is -2.21. The van der Waals surface area contributed by atoms with Crippen LogP contribution in [0.1, 0.15) is 22.0 Å². The maximum absolute atomic E-state index is 13.0. The highest BCUT2D eigenvalue weighted by Gasteiger charge is 2.18. The van der Waals surface area contributed by atoms with Gasteiger partial charge in [-0.05, 0) is 50.2 Å². The lowest BCUT2D eigenvalue weighted by molar-refractivity contribution is -0.119. The van der Waals surface area contributed by atoms with Crippen molar-refractivity contribution in [2.24, 2.45) is 0 Å². The van der Waals surface area contributed by atoms with Crippen LogP contribution in [-0.4, -0.2) is 33.2 Å². The predicted octanol–water partition coefficient (Wildman–Crippen LogP) is 2.82. The molecule has 0 atom stereocenters. The fraction of sp³-hybridized carbons (Fsp3) is 0.158. The van der Waals surface area contributed by atoms with Crippen LogP contribution < -0.4 is 5.32 Å². The van der Waals surface area contributed by atoms with Gasteiger partial charge in [0.1, 0.15) is 11.6 Å². The van der Waals surface area contributed by atoms with Crippen LogP contribution in [0.4, 0.5) is 10.1 Å². The maximum Gasteiger partial charge on any atom is 0.378 e. The summed E-state index contributed by atoms with van der Waals surface area (Å²) < 4.78 is 19.4. The number of esters is 1. The predicted molar refractivity (Wildman–Crippen MR) is 96.1 cm³/mol. The Balaban J connectivity index is 1.61. The summed E-state index contributed by atoms with van der Waals surface area (Å²) in [5.41, 5.74) is 2.23. The second-order valence-electron chi connectivity index (χ2n) is 5.86. The highest BCUT2D eigenvalue weighted by atomic mass is 19.1. The van der Waals surface area contributed by atoms with Crippen LogP contribution >= 0.6 is 0 Å². The molecule has 7 nitrogen and oxygen atoms in total. The summed E-state index contributed by atoms with van der Waals surface area (Å²) in [5, 5.41) is 6.68. The van der Waals surface area contributed by atoms with Gasteiger partial charge in [0.15, 0.2) is 6.61 Å². The normalized spacial score (nSPS) is 10.5. The Kier molecular flexibility index (Phi) is 5.25. The van der Waals surface area contributed by atoms with Gasteiger partial charge in [-0.15, -0.1) is 5.10 Å². The highest BCUT2D eigenvalue weighted by Crippen LogP contribution is 2.11. The topological polar surface area (TPSA) is 86.1 Å². The van der Waals surface area contributed by atoms with Crippen molar-refractivity contribution < 1.29 is 18.7 Å². The van der Waals surface area contributed by atoms with Gasteiger partial charge in [-0.2, -0.15) is 0 Å². The van der Waals surface area contributed by atoms with Gasteiger partial charge in [0.25, 0.3) is 11.7 Å². The Morgan fingerprint density at radius 2 is 1.74 bits per heavy atom. The van der Waals surface area contributed by atoms with Crippen molar-refractivity contribution in [3.8, 4) is 5.69 Å². The van der Waals surface area contributed by atoms with Gasteiger partial charge in [-0.25, -0.2) is 18.9 Å². The first kappa shape index (κ1) is 18.2. The quantitative estimate of drug-likeness (QED) is 0.700. The van der Waals surface area contributed by atoms with E-state index in [2.05, 4.69) is 15.4 Å². The molecular weight excluding hydrogens is 351 g/mol. The van der Waals surface area contributed by atoms with Gasteiger partial charge >= 0.3 is 5.97 Å². The minimum absolute atomic E-state index is 0.181. The van der Waals surface area contributed by atoms with E-state index in [0.29, 0.717) is 17.2 Å². The Labute approximate surface area is 154 Å². The number of hydrogen-bond acceptors (Lipinski definition) is 5. The molecule has 0 aliphatic heterocycles. The molecule has 0 bridgehead atoms. The third-order valence-corrected chi connectivity index (χ3v) is 3.69. The molecule has 27 heavy (non-hydrogen) atoms. The molecule has 0 fully saturated rings. The molecule has 1 heterocycles. The average Bonchev–Trinajstić information content (AvgIpc) is 3.04. The van der Waals surface area contributed by atoms with Crippen LogP contribution in [0.15, 0.2) is 48.5 Å². The maximum atomic E-state index is 13.0. The first-order valence-electron chi connectivity index (χ1n) is 8.15. The molecule has 0 spiro atoms. The van der Waals surface area contributed by atoms with Crippen LogP contribution in [0.2, 0.25) is 0 Å². The molecule has 0 unspecified atom stereocenters. The number of anilines is 1. The summed E-state index contributed by atoms with van der Waals surface area (Å²) in [4.78, 5) is 28.0. The van der Waals surface area contributed by atoms with E-state index >= 15 is 0 Å². The standard InChI is InChI=1S/C19H17FN4O3/c1-12-3-7-15(8-4-12)22-17(25)11-27-19(26)18-21-13(2)24(23-18)16-9-5-14(20)6-10-16/h3-10H,11H2,1-2H3,(H,22,25). The van der Waals surface area contributed by atoms with Crippen molar-refractivity contribution in [3.05, 3.63) is 71.6 Å². The average molecular weight is 368 g/mol. The molecule has 0 radical (unpaired) electrons. The summed E-state index contributed by atoms with van der Waals surface area (Å²) in [6.07, 6.45) is 0. The Hall–Kier alpha value is -3.55. The zero-order valence-electron chi connectivity index (χ0n) is 14.8. The molecule has 0 aliphatic rings. The van der Waals surface area contributed by atoms with Crippen LogP contribution in [0.25, 0.3) is 5.69 Å². The summed E-state index contributed by atoms with van der Waals surface area (Å²) in [6, 6.07) is 12.8. The highest BCUT2D eigenvalue weighted by molar-refractivity contribution is 5.94. The first-order valence-corrected chi connectivity index (χ1v) is 8.15. The van der Waals surface area contributed by atoms with Crippen LogP contribution in [0, 0.1) is 19.7 Å². The van der Waals surface area contributed by atoms with E-state index in [4.69, 9.17) is 4.74 Å². The SMILES string of the molecule is Cc1ccc(NC(=O)COC(=O)c2nc(C)n(-c3ccc(F)cc3)n2)cc1. The van der Waals surface area contributed by atoms with Gasteiger partial charge in [0, 0.05) is 5.69 Å². The van der Waals surface area contributed by atoms with Crippen molar-refractivity contribution >= 4 is 17.6 Å². The van der Waals surface area contributed by atoms with E-state index in [1.165, 1.54) is 28.9 Å². The number of carbonyl (C=O) groups is 2. The summed E-state index contributed by atoms with van der Waals surface area (Å²) in [6.45, 7) is 3.13. The number of aryl methyl sites for hydroxylation is 2. The Morgan fingerprint density at radius 3 is 2.41 bits per heavy atom. The molecule has 0 saturated heterocycles. The molecule has 0 saturated carbocycles. The van der Waals surface area contributed by atoms with Crippen molar-refractivity contribution in [3.63, 3.8) is 0 Å². The molecule has 1 N–H and O–H groups in total. The largest absolute Gasteiger partial charge is 0.450 e. The molecule has 1 aromatic heterocycles. The number of aromatic nitrogens is 3. The summed E-state index contributed by atoms with van der Waals surface area (Å²) >= 11 is 0. The number of amides is 1. The van der Waals surface area contributed by atoms with Gasteiger partial charge < -0.3 is 10.1 Å². The van der Waals surface area contributed by atoms with E-state index in [1.807, 2.05) is 19.1 Å². The molecule has 8 heteroatoms. The number of nitrogens with one attached hydrogen (secondary N) is 1. The second-order valence-corrected chi connectivity index (χ2v) is 5.86. The van der Waals surface area contributed by atoms with Crippen LogP contribution in [0.5, 0.6) is 0 Å². The third kappa shape index (κ3) is 4.55. The minimum atomic E-state index is -0.821. The molecule has 0 aliphatic carbocycles. The zero-order valence-corrected chi connectivity index (χ0v) is 14.8. The van der Waals surface area contributed by atoms with Crippen molar-refractivity contribution in [2.75, 3.05) is 11.9 Å². The van der Waals surface area contributed by atoms with Gasteiger partial charge in [-0.1, -0.05) is 17.7 Å². The number of carbonyl (C=O) groups excluding carboxylic acids is 2. The van der Waals surface area contributed by atoms with Crippen molar-refractivity contribution in [1.29, 1.82) is 0 Å². The van der Waals surface area contributed by atoms with Crippen molar-refractivity contribution in [1.82, 2.24) is 14.8 Å². The van der Waals surface area contributed by atoms with E-state index in [9.17, 15) is 14.0 Å². The molecule has 1 amide bonds. The van der Waals surface area contributed by atoms with Crippen molar-refractivity contribution in [2.45, 2.75) is 13.8 Å². The van der Waals surface area contributed by atoms with Gasteiger partial charge in [-0.3, -0.25) is 4.79 Å². The van der Waals surface area contributed by atoms with Gasteiger partial charge in [0.2, 0.25) is 0 Å². The van der Waals surface area contributed by atoms with Crippen LogP contribution in [-0.2, 0) is 9.53 Å². The number of nitrogens with zero attached hydrogens (tertiary/aromatic N) is 3. The number of halogens is 1.